The molecule has 0 aliphatic carbocycles. The van der Waals surface area contributed by atoms with Gasteiger partial charge in [-0.3, -0.25) is 0 Å². The van der Waals surface area contributed by atoms with Crippen LogP contribution in [-0.2, 0) is 6.42 Å². The maximum Gasteiger partial charge on any atom is 0.0648 e. The number of aryl methyl sites for hydroxylation is 3. The molecule has 0 unspecified atom stereocenters. The highest BCUT2D eigenvalue weighted by molar-refractivity contribution is 5.36. The molecule has 2 aromatic rings. The number of nitrogens with zero attached hydrogens (tertiary/aromatic N) is 4. The number of hydrogen-bond acceptors (Lipinski definition) is 3. The molecule has 0 atom stereocenters. The van der Waals surface area contributed by atoms with E-state index in [1.807, 2.05) is 11.6 Å². The van der Waals surface area contributed by atoms with Crippen molar-refractivity contribution in [2.24, 2.45) is 0 Å². The van der Waals surface area contributed by atoms with Gasteiger partial charge in [0.1, 0.15) is 0 Å². The van der Waals surface area contributed by atoms with E-state index in [1.165, 1.54) is 50.4 Å². The summed E-state index contributed by atoms with van der Waals surface area (Å²) in [4.78, 5) is 5.00. The van der Waals surface area contributed by atoms with Crippen molar-refractivity contribution in [2.45, 2.75) is 26.7 Å². The van der Waals surface area contributed by atoms with E-state index in [1.54, 1.807) is 0 Å². The van der Waals surface area contributed by atoms with Crippen LogP contribution in [0.3, 0.4) is 0 Å². The van der Waals surface area contributed by atoms with Crippen LogP contribution in [0.4, 0.5) is 0 Å². The molecular weight excluding hydrogens is 284 g/mol. The molecule has 0 radical (unpaired) electrons. The molecular formula is C19H28N4. The van der Waals surface area contributed by atoms with E-state index in [2.05, 4.69) is 59.2 Å². The first-order valence-corrected chi connectivity index (χ1v) is 8.65. The first-order valence-electron chi connectivity index (χ1n) is 8.65. The predicted octanol–water partition coefficient (Wildman–Crippen LogP) is 2.67. The first kappa shape index (κ1) is 16.2. The molecule has 0 N–H and O–H groups in total. The van der Waals surface area contributed by atoms with Gasteiger partial charge in [-0.1, -0.05) is 12.1 Å². The van der Waals surface area contributed by atoms with Crippen LogP contribution in [0.5, 0.6) is 0 Å². The number of likely N-dealkylation sites (N-methyl/N-ethyl adjacent to an activating group) is 1. The summed E-state index contributed by atoms with van der Waals surface area (Å²) in [5.41, 5.74) is 4.83. The lowest BCUT2D eigenvalue weighted by Crippen LogP contribution is -2.44. The van der Waals surface area contributed by atoms with E-state index in [0.29, 0.717) is 0 Å². The second-order valence-electron chi connectivity index (χ2n) is 6.75. The van der Waals surface area contributed by atoms with E-state index in [4.69, 9.17) is 0 Å². The van der Waals surface area contributed by atoms with E-state index >= 15 is 0 Å². The van der Waals surface area contributed by atoms with Crippen molar-refractivity contribution in [1.29, 1.82) is 0 Å². The van der Waals surface area contributed by atoms with Crippen molar-refractivity contribution in [3.63, 3.8) is 0 Å². The fraction of sp³-hybridized carbons (Fsp3) is 0.526. The SMILES string of the molecule is Cc1cc(C)n(-c2ccc(CCCN3CCN(C)CC3)cc2)n1. The minimum absolute atomic E-state index is 1.07. The largest absolute Gasteiger partial charge is 0.304 e. The Morgan fingerprint density at radius 1 is 1.00 bits per heavy atom. The fourth-order valence-electron chi connectivity index (χ4n) is 3.27. The lowest BCUT2D eigenvalue weighted by Gasteiger charge is -2.32. The van der Waals surface area contributed by atoms with Crippen LogP contribution in [0.1, 0.15) is 23.4 Å². The summed E-state index contributed by atoms with van der Waals surface area (Å²) in [6.45, 7) is 10.2. The van der Waals surface area contributed by atoms with Gasteiger partial charge < -0.3 is 9.80 Å². The molecule has 3 rings (SSSR count). The van der Waals surface area contributed by atoms with Gasteiger partial charge in [0.15, 0.2) is 0 Å². The van der Waals surface area contributed by atoms with Crippen LogP contribution in [0.2, 0.25) is 0 Å². The summed E-state index contributed by atoms with van der Waals surface area (Å²) < 4.78 is 2.02. The minimum atomic E-state index is 1.07. The molecule has 124 valence electrons. The number of rotatable bonds is 5. The Kier molecular flexibility index (Phi) is 5.13. The van der Waals surface area contributed by atoms with E-state index in [9.17, 15) is 0 Å². The minimum Gasteiger partial charge on any atom is -0.304 e. The Labute approximate surface area is 139 Å². The van der Waals surface area contributed by atoms with Crippen molar-refractivity contribution >= 4 is 0 Å². The number of hydrogen-bond donors (Lipinski definition) is 0. The van der Waals surface area contributed by atoms with Crippen LogP contribution in [0.15, 0.2) is 30.3 Å². The van der Waals surface area contributed by atoms with Crippen molar-refractivity contribution in [1.82, 2.24) is 19.6 Å². The Morgan fingerprint density at radius 2 is 1.70 bits per heavy atom. The van der Waals surface area contributed by atoms with E-state index in [0.717, 1.165) is 17.8 Å². The maximum atomic E-state index is 4.55. The Bertz CT molecular complexity index is 621. The summed E-state index contributed by atoms with van der Waals surface area (Å²) in [5, 5.41) is 4.55. The summed E-state index contributed by atoms with van der Waals surface area (Å²) >= 11 is 0. The van der Waals surface area contributed by atoms with Crippen molar-refractivity contribution in [2.75, 3.05) is 39.8 Å². The molecule has 0 bridgehead atoms. The molecule has 2 heterocycles. The highest BCUT2D eigenvalue weighted by Crippen LogP contribution is 2.14. The second kappa shape index (κ2) is 7.28. The van der Waals surface area contributed by atoms with Crippen LogP contribution < -0.4 is 0 Å². The molecule has 1 aromatic heterocycles. The molecule has 1 aliphatic rings. The Morgan fingerprint density at radius 3 is 2.30 bits per heavy atom. The van der Waals surface area contributed by atoms with Gasteiger partial charge >= 0.3 is 0 Å². The highest BCUT2D eigenvalue weighted by Gasteiger charge is 2.12. The monoisotopic (exact) mass is 312 g/mol. The Balaban J connectivity index is 1.51. The number of aromatic nitrogens is 2. The average Bonchev–Trinajstić information content (AvgIpc) is 2.89. The van der Waals surface area contributed by atoms with E-state index in [-0.39, 0.29) is 0 Å². The van der Waals surface area contributed by atoms with Gasteiger partial charge in [-0.2, -0.15) is 5.10 Å². The molecule has 1 aromatic carbocycles. The lowest BCUT2D eigenvalue weighted by atomic mass is 10.1. The molecule has 0 amide bonds. The van der Waals surface area contributed by atoms with Gasteiger partial charge in [-0.15, -0.1) is 0 Å². The Hall–Kier alpha value is -1.65. The zero-order valence-corrected chi connectivity index (χ0v) is 14.6. The molecule has 0 saturated carbocycles. The van der Waals surface area contributed by atoms with Gasteiger partial charge in [0.05, 0.1) is 11.4 Å². The third-order valence-corrected chi connectivity index (χ3v) is 4.73. The average molecular weight is 312 g/mol. The smallest absolute Gasteiger partial charge is 0.0648 e. The topological polar surface area (TPSA) is 24.3 Å². The van der Waals surface area contributed by atoms with Crippen molar-refractivity contribution < 1.29 is 0 Å². The number of piperazine rings is 1. The lowest BCUT2D eigenvalue weighted by molar-refractivity contribution is 0.153. The molecule has 4 nitrogen and oxygen atoms in total. The second-order valence-corrected chi connectivity index (χ2v) is 6.75. The molecule has 23 heavy (non-hydrogen) atoms. The third kappa shape index (κ3) is 4.21. The summed E-state index contributed by atoms with van der Waals surface area (Å²) in [5.74, 6) is 0. The quantitative estimate of drug-likeness (QED) is 0.848. The van der Waals surface area contributed by atoms with Gasteiger partial charge in [0.25, 0.3) is 0 Å². The molecule has 1 aliphatic heterocycles. The predicted molar refractivity (Wildman–Crippen MR) is 95.3 cm³/mol. The zero-order valence-electron chi connectivity index (χ0n) is 14.6. The van der Waals surface area contributed by atoms with E-state index < -0.39 is 0 Å². The molecule has 1 saturated heterocycles. The van der Waals surface area contributed by atoms with Crippen LogP contribution in [-0.4, -0.2) is 59.4 Å². The highest BCUT2D eigenvalue weighted by atomic mass is 15.3. The first-order chi connectivity index (χ1) is 11.1. The van der Waals surface area contributed by atoms with Gasteiger partial charge in [-0.05, 0) is 64.0 Å². The molecule has 1 fully saturated rings. The summed E-state index contributed by atoms with van der Waals surface area (Å²) in [7, 11) is 2.21. The van der Waals surface area contributed by atoms with Gasteiger partial charge in [0, 0.05) is 31.9 Å². The fourth-order valence-corrected chi connectivity index (χ4v) is 3.27. The van der Waals surface area contributed by atoms with Crippen molar-refractivity contribution in [3.05, 3.63) is 47.3 Å². The molecule has 4 heteroatoms. The van der Waals surface area contributed by atoms with Crippen LogP contribution in [0.25, 0.3) is 5.69 Å². The zero-order chi connectivity index (χ0) is 16.2. The third-order valence-electron chi connectivity index (χ3n) is 4.73. The van der Waals surface area contributed by atoms with Crippen LogP contribution >= 0.6 is 0 Å². The summed E-state index contributed by atoms with van der Waals surface area (Å²) in [6.07, 6.45) is 2.40. The normalized spacial score (nSPS) is 16.8. The van der Waals surface area contributed by atoms with Gasteiger partial charge in [0.2, 0.25) is 0 Å². The van der Waals surface area contributed by atoms with Crippen LogP contribution in [0, 0.1) is 13.8 Å². The number of benzene rings is 1. The molecule has 0 spiro atoms. The maximum absolute atomic E-state index is 4.55. The van der Waals surface area contributed by atoms with Gasteiger partial charge in [-0.25, -0.2) is 4.68 Å². The van der Waals surface area contributed by atoms with Crippen molar-refractivity contribution in [3.8, 4) is 5.69 Å². The summed E-state index contributed by atoms with van der Waals surface area (Å²) in [6, 6.07) is 11.0. The standard InChI is InChI=1S/C19H28N4/c1-16-15-17(2)23(20-16)19-8-6-18(7-9-19)5-4-10-22-13-11-21(3)12-14-22/h6-9,15H,4-5,10-14H2,1-3H3.